The quantitative estimate of drug-likeness (QED) is 0.624. The van der Waals surface area contributed by atoms with E-state index in [0.717, 1.165) is 82.1 Å². The largest absolute Gasteiger partial charge is 0.465 e. The zero-order chi connectivity index (χ0) is 22.5. The Bertz CT molecular complexity index is 884. The van der Waals surface area contributed by atoms with Crippen molar-refractivity contribution in [3.05, 3.63) is 29.7 Å². The molecule has 2 aromatic rings. The molecule has 32 heavy (non-hydrogen) atoms. The number of benzene rings is 1. The number of rotatable bonds is 5. The Morgan fingerprint density at radius 2 is 1.81 bits per heavy atom. The molecule has 1 aromatic heterocycles. The monoisotopic (exact) mass is 447 g/mol. The predicted molar refractivity (Wildman–Crippen MR) is 119 cm³/mol. The first kappa shape index (κ1) is 23.0. The summed E-state index contributed by atoms with van der Waals surface area (Å²) in [5.41, 5.74) is 1.50. The third kappa shape index (κ3) is 6.42. The minimum atomic E-state index is -0.906. The summed E-state index contributed by atoms with van der Waals surface area (Å²) in [7, 11) is 0. The summed E-state index contributed by atoms with van der Waals surface area (Å²) < 4.78 is 18.7. The lowest BCUT2D eigenvalue weighted by Gasteiger charge is -2.33. The van der Waals surface area contributed by atoms with Crippen LogP contribution < -0.4 is 5.32 Å². The Kier molecular flexibility index (Phi) is 7.63. The van der Waals surface area contributed by atoms with E-state index < -0.39 is 6.09 Å². The van der Waals surface area contributed by atoms with Crippen LogP contribution in [-0.2, 0) is 0 Å². The van der Waals surface area contributed by atoms with Gasteiger partial charge in [0.05, 0.1) is 11.8 Å². The van der Waals surface area contributed by atoms with Gasteiger partial charge in [0.25, 0.3) is 0 Å². The molecule has 5 rings (SSSR count). The molecule has 0 spiro atoms. The van der Waals surface area contributed by atoms with Gasteiger partial charge in [0.2, 0.25) is 0 Å². The van der Waals surface area contributed by atoms with E-state index in [9.17, 15) is 9.18 Å². The van der Waals surface area contributed by atoms with Crippen molar-refractivity contribution in [1.82, 2.24) is 15.4 Å². The highest BCUT2D eigenvalue weighted by Crippen LogP contribution is 2.33. The number of aliphatic hydroxyl groups is 1. The number of halogens is 1. The molecule has 0 radical (unpaired) electrons. The van der Waals surface area contributed by atoms with Crippen molar-refractivity contribution in [1.29, 1.82) is 0 Å². The first-order chi connectivity index (χ1) is 15.5. The smallest absolute Gasteiger partial charge is 0.404 e. The van der Waals surface area contributed by atoms with Crippen molar-refractivity contribution in [2.24, 2.45) is 5.92 Å². The van der Waals surface area contributed by atoms with Gasteiger partial charge >= 0.3 is 6.09 Å². The van der Waals surface area contributed by atoms with Crippen molar-refractivity contribution in [2.75, 3.05) is 19.6 Å². The number of likely N-dealkylation sites (tertiary alicyclic amines) is 1. The van der Waals surface area contributed by atoms with Crippen molar-refractivity contribution in [3.63, 3.8) is 0 Å². The minimum absolute atomic E-state index is 0.0833. The molecule has 0 atom stereocenters. The molecule has 8 heteroatoms. The lowest BCUT2D eigenvalue weighted by molar-refractivity contribution is 0.171. The second-order valence-electron chi connectivity index (χ2n) is 9.51. The average Bonchev–Trinajstić information content (AvgIpc) is 3.46. The molecule has 2 aliphatic carbocycles. The number of carboxylic acid groups (broad SMARTS) is 1. The van der Waals surface area contributed by atoms with E-state index in [-0.39, 0.29) is 18.0 Å². The van der Waals surface area contributed by atoms with Crippen LogP contribution in [0.5, 0.6) is 0 Å². The standard InChI is InChI=1S/C21H28FN3O3.C3H6O/c22-16-3-6-18-19(13-16)28-24-20(18)15-8-11-25(12-9-15)10-7-14-1-4-17(5-2-14)23-21(26)27;4-3-1-2-3/h3,6,13-15,17,23H,1-2,4-5,7-12H2,(H,26,27);3-4H,1-2H2/t14-,17-;. The molecule has 2 heterocycles. The SMILES string of the molecule is O=C(O)N[C@H]1CC[C@H](CCN2CCC(c3noc4cc(F)ccc34)CC2)CC1.OC1CC1. The van der Waals surface area contributed by atoms with Gasteiger partial charge in [-0.2, -0.15) is 0 Å². The van der Waals surface area contributed by atoms with Crippen LogP contribution >= 0.6 is 0 Å². The summed E-state index contributed by atoms with van der Waals surface area (Å²) in [5, 5.41) is 24.8. The van der Waals surface area contributed by atoms with Crippen molar-refractivity contribution < 1.29 is 23.9 Å². The van der Waals surface area contributed by atoms with Crippen LogP contribution in [0.2, 0.25) is 0 Å². The van der Waals surface area contributed by atoms with Gasteiger partial charge in [0.15, 0.2) is 5.58 Å². The number of aromatic nitrogens is 1. The number of aliphatic hydroxyl groups excluding tert-OH is 1. The van der Waals surface area contributed by atoms with Gasteiger partial charge in [-0.25, -0.2) is 9.18 Å². The Morgan fingerprint density at radius 3 is 2.44 bits per heavy atom. The van der Waals surface area contributed by atoms with Crippen LogP contribution in [0.1, 0.15) is 69.4 Å². The second kappa shape index (κ2) is 10.6. The first-order valence-corrected chi connectivity index (χ1v) is 11.9. The summed E-state index contributed by atoms with van der Waals surface area (Å²) in [6.45, 7) is 3.21. The molecule has 2 saturated carbocycles. The van der Waals surface area contributed by atoms with E-state index in [1.807, 2.05) is 0 Å². The summed E-state index contributed by atoms with van der Waals surface area (Å²) in [6, 6.07) is 4.79. The van der Waals surface area contributed by atoms with Gasteiger partial charge in [0, 0.05) is 23.4 Å². The number of nitrogens with one attached hydrogen (secondary N) is 1. The highest BCUT2D eigenvalue weighted by atomic mass is 19.1. The molecule has 0 unspecified atom stereocenters. The molecule has 1 amide bonds. The lowest BCUT2D eigenvalue weighted by Crippen LogP contribution is -2.38. The zero-order valence-corrected chi connectivity index (χ0v) is 18.5. The maximum absolute atomic E-state index is 13.3. The summed E-state index contributed by atoms with van der Waals surface area (Å²) in [4.78, 5) is 13.3. The number of hydrogen-bond acceptors (Lipinski definition) is 5. The van der Waals surface area contributed by atoms with Crippen molar-refractivity contribution in [2.45, 2.75) is 75.9 Å². The third-order valence-corrected chi connectivity index (χ3v) is 7.01. The summed E-state index contributed by atoms with van der Waals surface area (Å²) in [5.74, 6) is 0.789. The van der Waals surface area contributed by atoms with E-state index >= 15 is 0 Å². The van der Waals surface area contributed by atoms with Crippen LogP contribution in [0, 0.1) is 11.7 Å². The van der Waals surface area contributed by atoms with Crippen molar-refractivity contribution >= 4 is 17.1 Å². The molecule has 1 aliphatic heterocycles. The number of carbonyl (C=O) groups is 1. The highest BCUT2D eigenvalue weighted by molar-refractivity contribution is 5.79. The second-order valence-corrected chi connectivity index (χ2v) is 9.51. The fraction of sp³-hybridized carbons (Fsp3) is 0.667. The predicted octanol–water partition coefficient (Wildman–Crippen LogP) is 4.50. The number of hydrogen-bond donors (Lipinski definition) is 3. The minimum Gasteiger partial charge on any atom is -0.465 e. The normalized spacial score (nSPS) is 24.7. The summed E-state index contributed by atoms with van der Waals surface area (Å²) in [6.07, 6.45) is 8.69. The molecule has 176 valence electrons. The van der Waals surface area contributed by atoms with E-state index in [1.165, 1.54) is 18.6 Å². The Balaban J connectivity index is 0.000000552. The Hall–Kier alpha value is -2.19. The Morgan fingerprint density at radius 1 is 1.12 bits per heavy atom. The van der Waals surface area contributed by atoms with Crippen LogP contribution in [0.3, 0.4) is 0 Å². The third-order valence-electron chi connectivity index (χ3n) is 7.01. The van der Waals surface area contributed by atoms with Crippen LogP contribution in [0.25, 0.3) is 11.0 Å². The number of fused-ring (bicyclic) bond motifs is 1. The maximum atomic E-state index is 13.3. The van der Waals surface area contributed by atoms with Gasteiger partial charge in [-0.15, -0.1) is 0 Å². The molecule has 1 aromatic carbocycles. The van der Waals surface area contributed by atoms with E-state index in [0.29, 0.717) is 17.4 Å². The van der Waals surface area contributed by atoms with Gasteiger partial charge in [-0.05, 0) is 95.5 Å². The van der Waals surface area contributed by atoms with Crippen LogP contribution in [0.15, 0.2) is 22.7 Å². The first-order valence-electron chi connectivity index (χ1n) is 11.9. The number of amides is 1. The molecule has 3 N–H and O–H groups in total. The highest BCUT2D eigenvalue weighted by Gasteiger charge is 2.27. The van der Waals surface area contributed by atoms with E-state index in [4.69, 9.17) is 14.7 Å². The maximum Gasteiger partial charge on any atom is 0.404 e. The number of piperidine rings is 1. The van der Waals surface area contributed by atoms with E-state index in [2.05, 4.69) is 15.4 Å². The van der Waals surface area contributed by atoms with Crippen LogP contribution in [-0.4, -0.2) is 58.1 Å². The fourth-order valence-corrected chi connectivity index (χ4v) is 4.87. The lowest BCUT2D eigenvalue weighted by atomic mass is 9.84. The van der Waals surface area contributed by atoms with Gasteiger partial charge in [-0.1, -0.05) is 5.16 Å². The molecule has 1 saturated heterocycles. The van der Waals surface area contributed by atoms with Crippen molar-refractivity contribution in [3.8, 4) is 0 Å². The average molecular weight is 448 g/mol. The summed E-state index contributed by atoms with van der Waals surface area (Å²) >= 11 is 0. The molecular formula is C24H34FN3O4. The molecule has 7 nitrogen and oxygen atoms in total. The molecule has 3 aliphatic rings. The topological polar surface area (TPSA) is 98.8 Å². The Labute approximate surface area is 187 Å². The van der Waals surface area contributed by atoms with Gasteiger partial charge in [-0.3, -0.25) is 0 Å². The van der Waals surface area contributed by atoms with Gasteiger partial charge in [0.1, 0.15) is 5.82 Å². The van der Waals surface area contributed by atoms with Crippen LogP contribution in [0.4, 0.5) is 9.18 Å². The number of nitrogens with zero attached hydrogens (tertiary/aromatic N) is 2. The van der Waals surface area contributed by atoms with Gasteiger partial charge < -0.3 is 25.0 Å². The van der Waals surface area contributed by atoms with E-state index in [1.54, 1.807) is 6.07 Å². The molecular weight excluding hydrogens is 413 g/mol. The fourth-order valence-electron chi connectivity index (χ4n) is 4.87. The molecule has 0 bridgehead atoms. The molecule has 3 fully saturated rings. The zero-order valence-electron chi connectivity index (χ0n) is 18.5.